The van der Waals surface area contributed by atoms with E-state index in [1.54, 1.807) is 12.1 Å². The van der Waals surface area contributed by atoms with E-state index in [0.717, 1.165) is 5.56 Å². The van der Waals surface area contributed by atoms with Gasteiger partial charge in [-0.1, -0.05) is 0 Å². The Bertz CT molecular complexity index is 682. The monoisotopic (exact) mass is 326 g/mol. The molecule has 2 rings (SSSR count). The molecule has 7 heteroatoms. The van der Waals surface area contributed by atoms with Crippen LogP contribution in [0.15, 0.2) is 39.9 Å². The molecule has 1 aromatic heterocycles. The van der Waals surface area contributed by atoms with Crippen LogP contribution in [0.1, 0.15) is 18.1 Å². The maximum atomic E-state index is 12.3. The van der Waals surface area contributed by atoms with E-state index in [-0.39, 0.29) is 18.0 Å². The molecule has 114 valence electrons. The summed E-state index contributed by atoms with van der Waals surface area (Å²) in [7, 11) is -3.56. The van der Waals surface area contributed by atoms with Gasteiger partial charge in [-0.3, -0.25) is 0 Å². The molecule has 0 saturated heterocycles. The van der Waals surface area contributed by atoms with Crippen molar-refractivity contribution in [2.75, 3.05) is 6.61 Å². The van der Waals surface area contributed by atoms with E-state index in [1.807, 2.05) is 23.8 Å². The van der Waals surface area contributed by atoms with Gasteiger partial charge in [0.2, 0.25) is 10.0 Å². The van der Waals surface area contributed by atoms with E-state index in [0.29, 0.717) is 17.9 Å². The number of thiophene rings is 1. The minimum atomic E-state index is -3.56. The SMILES string of the molecule is CCOc1ccc(S(=O)(=O)NCc2ccsc2)cc1CN. The molecule has 0 bridgehead atoms. The molecular formula is C14H18N2O3S2. The van der Waals surface area contributed by atoms with Gasteiger partial charge in [-0.05, 0) is 47.5 Å². The fourth-order valence-corrected chi connectivity index (χ4v) is 3.57. The van der Waals surface area contributed by atoms with Crippen molar-refractivity contribution in [1.29, 1.82) is 0 Å². The van der Waals surface area contributed by atoms with Gasteiger partial charge < -0.3 is 10.5 Å². The fraction of sp³-hybridized carbons (Fsp3) is 0.286. The molecule has 0 fully saturated rings. The Morgan fingerprint density at radius 3 is 2.76 bits per heavy atom. The Morgan fingerprint density at radius 2 is 2.14 bits per heavy atom. The predicted molar refractivity (Wildman–Crippen MR) is 83.8 cm³/mol. The summed E-state index contributed by atoms with van der Waals surface area (Å²) in [6, 6.07) is 6.61. The van der Waals surface area contributed by atoms with Crippen molar-refractivity contribution in [3.05, 3.63) is 46.2 Å². The lowest BCUT2D eigenvalue weighted by Crippen LogP contribution is -2.23. The maximum absolute atomic E-state index is 12.3. The highest BCUT2D eigenvalue weighted by Crippen LogP contribution is 2.22. The number of hydrogen-bond donors (Lipinski definition) is 2. The topological polar surface area (TPSA) is 81.4 Å². The third-order valence-electron chi connectivity index (χ3n) is 2.91. The third-order valence-corrected chi connectivity index (χ3v) is 5.04. The first-order valence-electron chi connectivity index (χ1n) is 6.53. The maximum Gasteiger partial charge on any atom is 0.240 e. The molecule has 3 N–H and O–H groups in total. The second-order valence-electron chi connectivity index (χ2n) is 4.36. The number of sulfonamides is 1. The second kappa shape index (κ2) is 7.04. The average Bonchev–Trinajstić information content (AvgIpc) is 2.99. The predicted octanol–water partition coefficient (Wildman–Crippen LogP) is 2.08. The Hall–Kier alpha value is -1.41. The summed E-state index contributed by atoms with van der Waals surface area (Å²) in [6.45, 7) is 2.88. The largest absolute Gasteiger partial charge is 0.494 e. The molecule has 0 aliphatic rings. The lowest BCUT2D eigenvalue weighted by Gasteiger charge is -2.11. The molecule has 0 saturated carbocycles. The Balaban J connectivity index is 2.19. The van der Waals surface area contributed by atoms with E-state index >= 15 is 0 Å². The summed E-state index contributed by atoms with van der Waals surface area (Å²) in [5.41, 5.74) is 7.27. The van der Waals surface area contributed by atoms with Crippen LogP contribution < -0.4 is 15.2 Å². The highest BCUT2D eigenvalue weighted by molar-refractivity contribution is 7.89. The van der Waals surface area contributed by atoms with Crippen LogP contribution in [-0.4, -0.2) is 15.0 Å². The van der Waals surface area contributed by atoms with Crippen molar-refractivity contribution in [2.45, 2.75) is 24.9 Å². The van der Waals surface area contributed by atoms with Gasteiger partial charge in [-0.2, -0.15) is 11.3 Å². The molecule has 0 aliphatic heterocycles. The summed E-state index contributed by atoms with van der Waals surface area (Å²) in [4.78, 5) is 0.196. The molecule has 21 heavy (non-hydrogen) atoms. The zero-order chi connectivity index (χ0) is 15.3. The zero-order valence-electron chi connectivity index (χ0n) is 11.7. The van der Waals surface area contributed by atoms with Gasteiger partial charge in [-0.15, -0.1) is 0 Å². The van der Waals surface area contributed by atoms with Crippen LogP contribution in [0.5, 0.6) is 5.75 Å². The molecule has 0 amide bonds. The lowest BCUT2D eigenvalue weighted by molar-refractivity contribution is 0.336. The summed E-state index contributed by atoms with van der Waals surface area (Å²) in [5.74, 6) is 0.622. The summed E-state index contributed by atoms with van der Waals surface area (Å²) in [5, 5.41) is 3.82. The molecule has 0 aliphatic carbocycles. The third kappa shape index (κ3) is 4.04. The fourth-order valence-electron chi connectivity index (χ4n) is 1.83. The number of benzene rings is 1. The minimum Gasteiger partial charge on any atom is -0.494 e. The van der Waals surface area contributed by atoms with Crippen molar-refractivity contribution in [1.82, 2.24) is 4.72 Å². The van der Waals surface area contributed by atoms with Crippen molar-refractivity contribution in [3.63, 3.8) is 0 Å². The van der Waals surface area contributed by atoms with Crippen LogP contribution in [0.25, 0.3) is 0 Å². The van der Waals surface area contributed by atoms with Gasteiger partial charge in [0.15, 0.2) is 0 Å². The Labute approximate surface area is 128 Å². The van der Waals surface area contributed by atoms with E-state index in [2.05, 4.69) is 4.72 Å². The number of nitrogens with one attached hydrogen (secondary N) is 1. The molecule has 1 heterocycles. The number of ether oxygens (including phenoxy) is 1. The van der Waals surface area contributed by atoms with Crippen LogP contribution in [0.3, 0.4) is 0 Å². The quantitative estimate of drug-likeness (QED) is 0.816. The summed E-state index contributed by atoms with van der Waals surface area (Å²) < 4.78 is 32.5. The van der Waals surface area contributed by atoms with Gasteiger partial charge in [0.1, 0.15) is 5.75 Å². The van der Waals surface area contributed by atoms with Gasteiger partial charge >= 0.3 is 0 Å². The first-order valence-corrected chi connectivity index (χ1v) is 8.96. The molecule has 0 unspecified atom stereocenters. The van der Waals surface area contributed by atoms with Gasteiger partial charge in [0, 0.05) is 18.7 Å². The van der Waals surface area contributed by atoms with Crippen LogP contribution in [0, 0.1) is 0 Å². The van der Waals surface area contributed by atoms with Gasteiger partial charge in [0.25, 0.3) is 0 Å². The zero-order valence-corrected chi connectivity index (χ0v) is 13.3. The molecular weight excluding hydrogens is 308 g/mol. The van der Waals surface area contributed by atoms with Crippen molar-refractivity contribution in [3.8, 4) is 5.75 Å². The van der Waals surface area contributed by atoms with Crippen molar-refractivity contribution < 1.29 is 13.2 Å². The van der Waals surface area contributed by atoms with Crippen molar-refractivity contribution in [2.24, 2.45) is 5.73 Å². The number of hydrogen-bond acceptors (Lipinski definition) is 5. The molecule has 0 spiro atoms. The molecule has 1 aromatic carbocycles. The van der Waals surface area contributed by atoms with Crippen LogP contribution in [0.2, 0.25) is 0 Å². The number of rotatable bonds is 7. The molecule has 5 nitrogen and oxygen atoms in total. The highest BCUT2D eigenvalue weighted by atomic mass is 32.2. The first kappa shape index (κ1) is 16.0. The smallest absolute Gasteiger partial charge is 0.240 e. The van der Waals surface area contributed by atoms with Crippen LogP contribution >= 0.6 is 11.3 Å². The Morgan fingerprint density at radius 1 is 1.33 bits per heavy atom. The highest BCUT2D eigenvalue weighted by Gasteiger charge is 2.16. The van der Waals surface area contributed by atoms with Crippen molar-refractivity contribution >= 4 is 21.4 Å². The van der Waals surface area contributed by atoms with E-state index in [9.17, 15) is 8.42 Å². The molecule has 0 atom stereocenters. The average molecular weight is 326 g/mol. The lowest BCUT2D eigenvalue weighted by atomic mass is 10.2. The number of nitrogens with two attached hydrogens (primary N) is 1. The first-order chi connectivity index (χ1) is 10.1. The molecule has 2 aromatic rings. The summed E-state index contributed by atoms with van der Waals surface area (Å²) >= 11 is 1.53. The van der Waals surface area contributed by atoms with Crippen LogP contribution in [0.4, 0.5) is 0 Å². The van der Waals surface area contributed by atoms with E-state index in [1.165, 1.54) is 17.4 Å². The minimum absolute atomic E-state index is 0.196. The van der Waals surface area contributed by atoms with E-state index in [4.69, 9.17) is 10.5 Å². The summed E-state index contributed by atoms with van der Waals surface area (Å²) in [6.07, 6.45) is 0. The molecule has 0 radical (unpaired) electrons. The Kier molecular flexibility index (Phi) is 5.35. The normalized spacial score (nSPS) is 11.5. The van der Waals surface area contributed by atoms with E-state index < -0.39 is 10.0 Å². The van der Waals surface area contributed by atoms with Gasteiger partial charge in [0.05, 0.1) is 11.5 Å². The van der Waals surface area contributed by atoms with Crippen LogP contribution in [-0.2, 0) is 23.1 Å². The van der Waals surface area contributed by atoms with Gasteiger partial charge in [-0.25, -0.2) is 13.1 Å². The second-order valence-corrected chi connectivity index (χ2v) is 6.91. The standard InChI is InChI=1S/C14H18N2O3S2/c1-2-19-14-4-3-13(7-12(14)8-15)21(17,18)16-9-11-5-6-20-10-11/h3-7,10,16H,2,8-9,15H2,1H3.